The van der Waals surface area contributed by atoms with Crippen molar-refractivity contribution in [3.8, 4) is 0 Å². The molecule has 4 aromatic carbocycles. The Morgan fingerprint density at radius 3 is 2.20 bits per heavy atom. The molecule has 10 heteroatoms. The first-order valence-corrected chi connectivity index (χ1v) is 14.1. The minimum atomic E-state index is -4.35. The fourth-order valence-corrected chi connectivity index (χ4v) is 6.42. The smallest absolute Gasteiger partial charge is 0.269 e. The van der Waals surface area contributed by atoms with E-state index in [4.69, 9.17) is 0 Å². The van der Waals surface area contributed by atoms with Gasteiger partial charge in [0.2, 0.25) is 5.78 Å². The van der Waals surface area contributed by atoms with Gasteiger partial charge in [-0.05, 0) is 37.6 Å². The summed E-state index contributed by atoms with van der Waals surface area (Å²) in [5.74, 6) is -1.08. The van der Waals surface area contributed by atoms with Crippen molar-refractivity contribution < 1.29 is 22.9 Å². The molecule has 0 atom stereocenters. The monoisotopic (exact) mass is 567 g/mol. The maximum absolute atomic E-state index is 14.1. The summed E-state index contributed by atoms with van der Waals surface area (Å²) in [7, 11) is -4.35. The molecule has 1 aliphatic rings. The standard InChI is InChI=1S/C31H25N3O6S/c1-20-12-17-25(21(2)18-20)27(35)19-33-30(31(36)22-8-4-3-5-9-22)29(26-10-6-7-11-28(26)41(33,39)40)32-23-13-15-24(16-14-23)34(37)38/h3-18,32H,19H2,1-2H3. The number of anilines is 1. The predicted octanol–water partition coefficient (Wildman–Crippen LogP) is 5.76. The second-order valence-corrected chi connectivity index (χ2v) is 11.4. The number of hydrogen-bond donors (Lipinski definition) is 1. The normalized spacial score (nSPS) is 13.9. The number of non-ortho nitro benzene ring substituents is 1. The van der Waals surface area contributed by atoms with Gasteiger partial charge < -0.3 is 5.32 Å². The molecule has 0 aromatic heterocycles. The number of rotatable bonds is 8. The van der Waals surface area contributed by atoms with Gasteiger partial charge in [-0.15, -0.1) is 0 Å². The van der Waals surface area contributed by atoms with Crippen LogP contribution in [0.4, 0.5) is 11.4 Å². The van der Waals surface area contributed by atoms with Crippen molar-refractivity contribution in [2.45, 2.75) is 18.7 Å². The third kappa shape index (κ3) is 5.24. The van der Waals surface area contributed by atoms with Crippen molar-refractivity contribution in [2.75, 3.05) is 11.9 Å². The topological polar surface area (TPSA) is 127 Å². The number of nitro benzene ring substituents is 1. The maximum Gasteiger partial charge on any atom is 0.269 e. The molecule has 0 bridgehead atoms. The van der Waals surface area contributed by atoms with E-state index in [9.17, 15) is 28.1 Å². The maximum atomic E-state index is 14.1. The largest absolute Gasteiger partial charge is 0.353 e. The van der Waals surface area contributed by atoms with Gasteiger partial charge >= 0.3 is 0 Å². The van der Waals surface area contributed by atoms with Crippen molar-refractivity contribution >= 4 is 38.7 Å². The second-order valence-electron chi connectivity index (χ2n) is 9.60. The van der Waals surface area contributed by atoms with Gasteiger partial charge in [-0.25, -0.2) is 8.42 Å². The average molecular weight is 568 g/mol. The van der Waals surface area contributed by atoms with Crippen molar-refractivity contribution in [1.29, 1.82) is 0 Å². The lowest BCUT2D eigenvalue weighted by Gasteiger charge is -2.33. The molecule has 9 nitrogen and oxygen atoms in total. The number of carbonyl (C=O) groups is 2. The number of allylic oxidation sites excluding steroid dienone is 1. The Balaban J connectivity index is 1.72. The molecule has 0 saturated carbocycles. The van der Waals surface area contributed by atoms with Gasteiger partial charge in [0.15, 0.2) is 5.78 Å². The van der Waals surface area contributed by atoms with E-state index >= 15 is 0 Å². The van der Waals surface area contributed by atoms with Crippen LogP contribution in [0.2, 0.25) is 0 Å². The first-order valence-electron chi connectivity index (χ1n) is 12.7. The molecule has 0 saturated heterocycles. The number of ketones is 2. The van der Waals surface area contributed by atoms with E-state index < -0.39 is 33.1 Å². The van der Waals surface area contributed by atoms with Crippen molar-refractivity contribution in [2.24, 2.45) is 0 Å². The third-order valence-electron chi connectivity index (χ3n) is 6.78. The Hall–Kier alpha value is -5.09. The van der Waals surface area contributed by atoms with Crippen molar-refractivity contribution in [3.63, 3.8) is 0 Å². The van der Waals surface area contributed by atoms with Gasteiger partial charge in [-0.1, -0.05) is 72.3 Å². The Kier molecular flexibility index (Phi) is 7.25. The van der Waals surface area contributed by atoms with E-state index in [-0.39, 0.29) is 33.1 Å². The zero-order valence-corrected chi connectivity index (χ0v) is 23.0. The fraction of sp³-hybridized carbons (Fsp3) is 0.0968. The minimum Gasteiger partial charge on any atom is -0.353 e. The molecule has 4 aromatic rings. The summed E-state index contributed by atoms with van der Waals surface area (Å²) in [6, 6.07) is 25.2. The van der Waals surface area contributed by atoms with Crippen LogP contribution in [0.1, 0.15) is 37.4 Å². The van der Waals surface area contributed by atoms with Crippen LogP contribution in [0, 0.1) is 24.0 Å². The number of sulfonamides is 1. The molecule has 0 amide bonds. The number of nitrogens with zero attached hydrogens (tertiary/aromatic N) is 2. The quantitative estimate of drug-likeness (QED) is 0.163. The molecule has 0 radical (unpaired) electrons. The van der Waals surface area contributed by atoms with Crippen LogP contribution < -0.4 is 5.32 Å². The summed E-state index contributed by atoms with van der Waals surface area (Å²) >= 11 is 0. The van der Waals surface area contributed by atoms with E-state index in [1.165, 1.54) is 30.3 Å². The van der Waals surface area contributed by atoms with E-state index in [1.807, 2.05) is 13.0 Å². The van der Waals surface area contributed by atoms with Crippen LogP contribution in [0.3, 0.4) is 0 Å². The first-order chi connectivity index (χ1) is 19.6. The molecular formula is C31H25N3O6S. The lowest BCUT2D eigenvalue weighted by Crippen LogP contribution is -2.42. The Bertz CT molecular complexity index is 1830. The van der Waals surface area contributed by atoms with Gasteiger partial charge in [0, 0.05) is 34.5 Å². The SMILES string of the molecule is Cc1ccc(C(=O)CN2C(C(=O)c3ccccc3)=C(Nc3ccc([N+](=O)[O-])cc3)c3ccccc3S2(=O)=O)c(C)c1. The number of nitro groups is 1. The summed E-state index contributed by atoms with van der Waals surface area (Å²) in [5.41, 5.74) is 2.64. The molecule has 0 unspecified atom stereocenters. The number of fused-ring (bicyclic) bond motifs is 1. The second kappa shape index (κ2) is 10.8. The van der Waals surface area contributed by atoms with E-state index in [0.29, 0.717) is 16.8 Å². The van der Waals surface area contributed by atoms with Crippen molar-refractivity contribution in [3.05, 3.63) is 141 Å². The fourth-order valence-electron chi connectivity index (χ4n) is 4.79. The van der Waals surface area contributed by atoms with Crippen LogP contribution in [0.5, 0.6) is 0 Å². The van der Waals surface area contributed by atoms with Crippen LogP contribution in [0.25, 0.3) is 5.70 Å². The average Bonchev–Trinajstić information content (AvgIpc) is 2.96. The van der Waals surface area contributed by atoms with Gasteiger partial charge in [0.25, 0.3) is 15.7 Å². The zero-order valence-electron chi connectivity index (χ0n) is 22.2. The molecule has 41 heavy (non-hydrogen) atoms. The summed E-state index contributed by atoms with van der Waals surface area (Å²) in [4.78, 5) is 38.2. The van der Waals surface area contributed by atoms with Crippen LogP contribution in [-0.4, -0.2) is 35.8 Å². The molecule has 0 fully saturated rings. The molecule has 0 spiro atoms. The van der Waals surface area contributed by atoms with Crippen molar-refractivity contribution in [1.82, 2.24) is 4.31 Å². The number of nitrogens with one attached hydrogen (secondary N) is 1. The Labute approximate surface area is 237 Å². The van der Waals surface area contributed by atoms with Crippen LogP contribution >= 0.6 is 0 Å². The molecule has 0 aliphatic carbocycles. The molecular weight excluding hydrogens is 542 g/mol. The zero-order chi connectivity index (χ0) is 29.3. The first kappa shape index (κ1) is 27.5. The number of aryl methyl sites for hydroxylation is 2. The van der Waals surface area contributed by atoms with E-state index in [2.05, 4.69) is 5.32 Å². The minimum absolute atomic E-state index is 0.0811. The molecule has 1 heterocycles. The molecule has 206 valence electrons. The molecule has 1 N–H and O–H groups in total. The highest BCUT2D eigenvalue weighted by atomic mass is 32.2. The molecule has 1 aliphatic heterocycles. The third-order valence-corrected chi connectivity index (χ3v) is 8.58. The van der Waals surface area contributed by atoms with E-state index in [0.717, 1.165) is 9.87 Å². The van der Waals surface area contributed by atoms with Gasteiger partial charge in [0.1, 0.15) is 5.70 Å². The summed E-state index contributed by atoms with van der Waals surface area (Å²) in [5, 5.41) is 14.3. The lowest BCUT2D eigenvalue weighted by atomic mass is 10.00. The number of carbonyl (C=O) groups excluding carboxylic acids is 2. The number of hydrogen-bond acceptors (Lipinski definition) is 7. The summed E-state index contributed by atoms with van der Waals surface area (Å²) < 4.78 is 29.0. The summed E-state index contributed by atoms with van der Waals surface area (Å²) in [6.45, 7) is 3.05. The predicted molar refractivity (Wildman–Crippen MR) is 155 cm³/mol. The summed E-state index contributed by atoms with van der Waals surface area (Å²) in [6.07, 6.45) is 0. The highest BCUT2D eigenvalue weighted by molar-refractivity contribution is 7.89. The number of benzene rings is 4. The Morgan fingerprint density at radius 1 is 0.878 bits per heavy atom. The van der Waals surface area contributed by atoms with Gasteiger partial charge in [-0.2, -0.15) is 0 Å². The molecule has 5 rings (SSSR count). The van der Waals surface area contributed by atoms with Crippen LogP contribution in [-0.2, 0) is 10.0 Å². The van der Waals surface area contributed by atoms with Gasteiger partial charge in [0.05, 0.1) is 22.1 Å². The Morgan fingerprint density at radius 2 is 1.54 bits per heavy atom. The van der Waals surface area contributed by atoms with Crippen LogP contribution in [0.15, 0.2) is 108 Å². The lowest BCUT2D eigenvalue weighted by molar-refractivity contribution is -0.384. The van der Waals surface area contributed by atoms with E-state index in [1.54, 1.807) is 67.6 Å². The number of Topliss-reactive ketones (excluding diaryl/α,β-unsaturated/α-hetero) is 2. The highest BCUT2D eigenvalue weighted by Gasteiger charge is 2.41. The van der Waals surface area contributed by atoms with Gasteiger partial charge in [-0.3, -0.25) is 24.0 Å². The highest BCUT2D eigenvalue weighted by Crippen LogP contribution is 2.39.